The topological polar surface area (TPSA) is 59.6 Å². The highest BCUT2D eigenvalue weighted by Gasteiger charge is 2.20. The molecule has 1 atom stereocenters. The number of ether oxygens (including phenoxy) is 2. The lowest BCUT2D eigenvalue weighted by atomic mass is 10.2. The lowest BCUT2D eigenvalue weighted by Crippen LogP contribution is -2.44. The molecule has 1 unspecified atom stereocenters. The summed E-state index contributed by atoms with van der Waals surface area (Å²) in [6, 6.07) is 7.36. The predicted molar refractivity (Wildman–Crippen MR) is 68.0 cm³/mol. The van der Waals surface area contributed by atoms with Gasteiger partial charge in [0.25, 0.3) is 0 Å². The zero-order valence-electron chi connectivity index (χ0n) is 10.4. The summed E-state index contributed by atoms with van der Waals surface area (Å²) in [4.78, 5) is 11.4. The van der Waals surface area contributed by atoms with Gasteiger partial charge < -0.3 is 20.1 Å². The summed E-state index contributed by atoms with van der Waals surface area (Å²) in [7, 11) is 0. The number of amides is 2. The van der Waals surface area contributed by atoms with Crippen molar-refractivity contribution >= 4 is 6.03 Å². The van der Waals surface area contributed by atoms with E-state index in [1.165, 1.54) is 0 Å². The first-order chi connectivity index (χ1) is 8.79. The number of urea groups is 1. The van der Waals surface area contributed by atoms with Crippen LogP contribution in [0.5, 0.6) is 11.5 Å². The summed E-state index contributed by atoms with van der Waals surface area (Å²) in [6.45, 7) is 3.57. The smallest absolute Gasteiger partial charge is 0.314 e. The largest absolute Gasteiger partial charge is 0.486 e. The van der Waals surface area contributed by atoms with E-state index in [4.69, 9.17) is 9.47 Å². The van der Waals surface area contributed by atoms with Gasteiger partial charge in [0.15, 0.2) is 17.6 Å². The van der Waals surface area contributed by atoms with Gasteiger partial charge in [0.1, 0.15) is 6.61 Å². The Hall–Kier alpha value is -1.91. The van der Waals surface area contributed by atoms with Crippen LogP contribution < -0.4 is 20.1 Å². The molecule has 0 aliphatic carbocycles. The second kappa shape index (κ2) is 6.14. The van der Waals surface area contributed by atoms with Crippen LogP contribution >= 0.6 is 0 Å². The molecule has 1 heterocycles. The molecule has 0 saturated carbocycles. The molecule has 5 nitrogen and oxygen atoms in total. The van der Waals surface area contributed by atoms with Crippen LogP contribution in [0.3, 0.4) is 0 Å². The van der Waals surface area contributed by atoms with E-state index < -0.39 is 0 Å². The quantitative estimate of drug-likeness (QED) is 0.852. The summed E-state index contributed by atoms with van der Waals surface area (Å²) in [5.41, 5.74) is 0. The Morgan fingerprint density at radius 3 is 2.89 bits per heavy atom. The Morgan fingerprint density at radius 2 is 2.11 bits per heavy atom. The number of rotatable bonds is 4. The first-order valence-electron chi connectivity index (χ1n) is 6.19. The van der Waals surface area contributed by atoms with Crippen LogP contribution in [-0.4, -0.2) is 31.8 Å². The third-order valence-electron chi connectivity index (χ3n) is 2.59. The van der Waals surface area contributed by atoms with Gasteiger partial charge in [-0.05, 0) is 18.6 Å². The van der Waals surface area contributed by atoms with Crippen LogP contribution in [0.4, 0.5) is 4.79 Å². The van der Waals surface area contributed by atoms with Crippen molar-refractivity contribution in [3.63, 3.8) is 0 Å². The van der Waals surface area contributed by atoms with Gasteiger partial charge >= 0.3 is 6.03 Å². The fourth-order valence-corrected chi connectivity index (χ4v) is 1.67. The van der Waals surface area contributed by atoms with Crippen LogP contribution in [0, 0.1) is 0 Å². The molecule has 1 aromatic rings. The highest BCUT2D eigenvalue weighted by Crippen LogP contribution is 2.30. The van der Waals surface area contributed by atoms with E-state index in [1.54, 1.807) is 0 Å². The number of carbonyl (C=O) groups excluding carboxylic acids is 1. The molecule has 1 aromatic carbocycles. The molecule has 2 amide bonds. The maximum Gasteiger partial charge on any atom is 0.314 e. The number of hydrogen-bond donors (Lipinski definition) is 2. The van der Waals surface area contributed by atoms with Crippen molar-refractivity contribution in [2.24, 2.45) is 0 Å². The van der Waals surface area contributed by atoms with Crippen molar-refractivity contribution in [2.45, 2.75) is 19.4 Å². The molecule has 98 valence electrons. The second-order valence-corrected chi connectivity index (χ2v) is 4.13. The van der Waals surface area contributed by atoms with E-state index in [9.17, 15) is 4.79 Å². The van der Waals surface area contributed by atoms with Gasteiger partial charge in [0.05, 0.1) is 6.54 Å². The molecule has 1 aliphatic rings. The monoisotopic (exact) mass is 250 g/mol. The van der Waals surface area contributed by atoms with Gasteiger partial charge in [-0.25, -0.2) is 4.79 Å². The Labute approximate surface area is 106 Å². The number of nitrogens with one attached hydrogen (secondary N) is 2. The first-order valence-corrected chi connectivity index (χ1v) is 6.19. The van der Waals surface area contributed by atoms with Gasteiger partial charge in [-0.1, -0.05) is 19.1 Å². The summed E-state index contributed by atoms with van der Waals surface area (Å²) >= 11 is 0. The van der Waals surface area contributed by atoms with Crippen molar-refractivity contribution in [2.75, 3.05) is 19.7 Å². The summed E-state index contributed by atoms with van der Waals surface area (Å²) in [5.74, 6) is 1.48. The fourth-order valence-electron chi connectivity index (χ4n) is 1.67. The zero-order chi connectivity index (χ0) is 12.8. The van der Waals surface area contributed by atoms with Crippen LogP contribution in [0.15, 0.2) is 24.3 Å². The van der Waals surface area contributed by atoms with E-state index in [-0.39, 0.29) is 12.1 Å². The van der Waals surface area contributed by atoms with E-state index in [0.717, 1.165) is 17.9 Å². The average molecular weight is 250 g/mol. The van der Waals surface area contributed by atoms with Gasteiger partial charge in [-0.15, -0.1) is 0 Å². The minimum Gasteiger partial charge on any atom is -0.486 e. The Kier molecular flexibility index (Phi) is 4.28. The van der Waals surface area contributed by atoms with Crippen molar-refractivity contribution in [3.8, 4) is 11.5 Å². The first kappa shape index (κ1) is 12.5. The van der Waals surface area contributed by atoms with Gasteiger partial charge in [-0.2, -0.15) is 0 Å². The van der Waals surface area contributed by atoms with E-state index in [2.05, 4.69) is 10.6 Å². The van der Waals surface area contributed by atoms with Crippen LogP contribution in [0.1, 0.15) is 13.3 Å². The van der Waals surface area contributed by atoms with E-state index >= 15 is 0 Å². The molecule has 5 heteroatoms. The Balaban J connectivity index is 1.78. The molecule has 0 bridgehead atoms. The molecule has 0 radical (unpaired) electrons. The predicted octanol–water partition coefficient (Wildman–Crippen LogP) is 1.54. The Bertz CT molecular complexity index is 409. The highest BCUT2D eigenvalue weighted by molar-refractivity contribution is 5.73. The van der Waals surface area contributed by atoms with Crippen LogP contribution in [-0.2, 0) is 0 Å². The third kappa shape index (κ3) is 3.29. The SMILES string of the molecule is CCCNC(=O)NCC1COc2ccccc2O1. The van der Waals surface area contributed by atoms with Gasteiger partial charge in [-0.3, -0.25) is 0 Å². The van der Waals surface area contributed by atoms with Crippen molar-refractivity contribution < 1.29 is 14.3 Å². The van der Waals surface area contributed by atoms with Gasteiger partial charge in [0, 0.05) is 6.54 Å². The molecular weight excluding hydrogens is 232 g/mol. The fraction of sp³-hybridized carbons (Fsp3) is 0.462. The molecule has 2 N–H and O–H groups in total. The van der Waals surface area contributed by atoms with Crippen molar-refractivity contribution in [3.05, 3.63) is 24.3 Å². The molecule has 2 rings (SSSR count). The highest BCUT2D eigenvalue weighted by atomic mass is 16.6. The lowest BCUT2D eigenvalue weighted by Gasteiger charge is -2.26. The van der Waals surface area contributed by atoms with E-state index in [0.29, 0.717) is 19.7 Å². The van der Waals surface area contributed by atoms with Crippen LogP contribution in [0.25, 0.3) is 0 Å². The molecule has 0 saturated heterocycles. The molecule has 1 aliphatic heterocycles. The van der Waals surface area contributed by atoms with Crippen molar-refractivity contribution in [1.29, 1.82) is 0 Å². The number of benzene rings is 1. The third-order valence-corrected chi connectivity index (χ3v) is 2.59. The summed E-state index contributed by atoms with van der Waals surface area (Å²) in [5, 5.41) is 5.51. The van der Waals surface area contributed by atoms with Crippen molar-refractivity contribution in [1.82, 2.24) is 10.6 Å². The molecule has 0 aromatic heterocycles. The lowest BCUT2D eigenvalue weighted by molar-refractivity contribution is 0.0918. The minimum absolute atomic E-state index is 0.146. The molecule has 18 heavy (non-hydrogen) atoms. The van der Waals surface area contributed by atoms with E-state index in [1.807, 2.05) is 31.2 Å². The maximum absolute atomic E-state index is 11.4. The number of carbonyl (C=O) groups is 1. The maximum atomic E-state index is 11.4. The standard InChI is InChI=1S/C13H18N2O3/c1-2-7-14-13(16)15-8-10-9-17-11-5-3-4-6-12(11)18-10/h3-6,10H,2,7-9H2,1H3,(H2,14,15,16). The average Bonchev–Trinajstić information content (AvgIpc) is 2.42. The summed E-state index contributed by atoms with van der Waals surface area (Å²) < 4.78 is 11.3. The number of para-hydroxylation sites is 2. The zero-order valence-corrected chi connectivity index (χ0v) is 10.4. The normalized spacial score (nSPS) is 17.1. The van der Waals surface area contributed by atoms with Gasteiger partial charge in [0.2, 0.25) is 0 Å². The number of fused-ring (bicyclic) bond motifs is 1. The molecule has 0 spiro atoms. The second-order valence-electron chi connectivity index (χ2n) is 4.13. The Morgan fingerprint density at radius 1 is 1.33 bits per heavy atom. The molecular formula is C13H18N2O3. The summed E-state index contributed by atoms with van der Waals surface area (Å²) in [6.07, 6.45) is 0.774. The molecule has 0 fully saturated rings. The number of hydrogen-bond acceptors (Lipinski definition) is 3. The minimum atomic E-state index is -0.167. The van der Waals surface area contributed by atoms with Crippen LogP contribution in [0.2, 0.25) is 0 Å².